The van der Waals surface area contributed by atoms with E-state index >= 15 is 0 Å². The molecule has 0 saturated heterocycles. The third-order valence-corrected chi connectivity index (χ3v) is 2.93. The van der Waals surface area contributed by atoms with Crippen LogP contribution in [0.5, 0.6) is 0 Å². The van der Waals surface area contributed by atoms with Gasteiger partial charge in [0.15, 0.2) is 0 Å². The molecule has 2 rings (SSSR count). The predicted octanol–water partition coefficient (Wildman–Crippen LogP) is 1.11. The van der Waals surface area contributed by atoms with Gasteiger partial charge in [0.05, 0.1) is 5.54 Å². The van der Waals surface area contributed by atoms with E-state index in [-0.39, 0.29) is 24.4 Å². The number of carbonyl (C=O) groups is 1. The Morgan fingerprint density at radius 2 is 2.12 bits per heavy atom. The molecule has 1 aromatic carbocycles. The number of hydrogen-bond acceptors (Lipinski definition) is 2. The molecule has 1 saturated carbocycles. The molecule has 0 aliphatic heterocycles. The molecular weight excluding hydrogens is 226 g/mol. The molecule has 1 aliphatic rings. The number of rotatable bonds is 4. The standard InChI is InChI=1S/C12H14F2N2O/c13-9-1-2-10(14)8(7-9)3-6-16-11(17)12(15)4-5-12/h1-2,7H,3-6,15H2,(H,16,17). The van der Waals surface area contributed by atoms with Crippen LogP contribution >= 0.6 is 0 Å². The summed E-state index contributed by atoms with van der Waals surface area (Å²) in [5.74, 6) is -1.16. The Labute approximate surface area is 98.0 Å². The van der Waals surface area contributed by atoms with Crippen molar-refractivity contribution in [3.05, 3.63) is 35.4 Å². The molecule has 3 N–H and O–H groups in total. The maximum absolute atomic E-state index is 13.2. The minimum absolute atomic E-state index is 0.214. The molecule has 1 fully saturated rings. The fourth-order valence-electron chi connectivity index (χ4n) is 1.58. The second-order valence-electron chi connectivity index (χ2n) is 4.40. The summed E-state index contributed by atoms with van der Waals surface area (Å²) in [6.45, 7) is 0.262. The molecule has 0 aromatic heterocycles. The average Bonchev–Trinajstić information content (AvgIpc) is 3.03. The molecule has 1 aliphatic carbocycles. The summed E-state index contributed by atoms with van der Waals surface area (Å²) in [4.78, 5) is 11.5. The van der Waals surface area contributed by atoms with Crippen LogP contribution in [0.4, 0.5) is 8.78 Å². The summed E-state index contributed by atoms with van der Waals surface area (Å²) < 4.78 is 26.1. The predicted molar refractivity (Wildman–Crippen MR) is 59.2 cm³/mol. The fourth-order valence-corrected chi connectivity index (χ4v) is 1.58. The third kappa shape index (κ3) is 2.79. The molecule has 0 spiro atoms. The zero-order valence-electron chi connectivity index (χ0n) is 9.30. The largest absolute Gasteiger partial charge is 0.354 e. The van der Waals surface area contributed by atoms with Crippen LogP contribution in [0.2, 0.25) is 0 Å². The van der Waals surface area contributed by atoms with Gasteiger partial charge in [-0.3, -0.25) is 4.79 Å². The zero-order chi connectivity index (χ0) is 12.5. The molecule has 1 aromatic rings. The lowest BCUT2D eigenvalue weighted by atomic mass is 10.1. The highest BCUT2D eigenvalue weighted by atomic mass is 19.1. The first-order chi connectivity index (χ1) is 8.01. The van der Waals surface area contributed by atoms with Crippen molar-refractivity contribution in [3.8, 4) is 0 Å². The van der Waals surface area contributed by atoms with Gasteiger partial charge in [-0.2, -0.15) is 0 Å². The van der Waals surface area contributed by atoms with Gasteiger partial charge < -0.3 is 11.1 Å². The van der Waals surface area contributed by atoms with E-state index in [1.165, 1.54) is 0 Å². The number of nitrogens with one attached hydrogen (secondary N) is 1. The minimum Gasteiger partial charge on any atom is -0.354 e. The molecule has 17 heavy (non-hydrogen) atoms. The second kappa shape index (κ2) is 4.41. The van der Waals surface area contributed by atoms with Crippen LogP contribution in [0.1, 0.15) is 18.4 Å². The van der Waals surface area contributed by atoms with Gasteiger partial charge in [-0.1, -0.05) is 0 Å². The summed E-state index contributed by atoms with van der Waals surface area (Å²) in [6, 6.07) is 3.28. The Hall–Kier alpha value is -1.49. The molecule has 3 nitrogen and oxygen atoms in total. The monoisotopic (exact) mass is 240 g/mol. The topological polar surface area (TPSA) is 55.1 Å². The van der Waals surface area contributed by atoms with Crippen LogP contribution < -0.4 is 11.1 Å². The first kappa shape index (κ1) is 12.0. The number of amides is 1. The molecule has 1 amide bonds. The highest BCUT2D eigenvalue weighted by molar-refractivity contribution is 5.88. The summed E-state index contributed by atoms with van der Waals surface area (Å²) in [5.41, 5.74) is 5.21. The lowest BCUT2D eigenvalue weighted by molar-refractivity contribution is -0.123. The number of carbonyl (C=O) groups excluding carboxylic acids is 1. The van der Waals surface area contributed by atoms with Gasteiger partial charge in [0.1, 0.15) is 11.6 Å². The van der Waals surface area contributed by atoms with Gasteiger partial charge in [0.2, 0.25) is 5.91 Å². The van der Waals surface area contributed by atoms with Crippen molar-refractivity contribution in [3.63, 3.8) is 0 Å². The van der Waals surface area contributed by atoms with Gasteiger partial charge in [0, 0.05) is 6.54 Å². The van der Waals surface area contributed by atoms with Crippen LogP contribution in [-0.4, -0.2) is 18.0 Å². The highest BCUT2D eigenvalue weighted by Gasteiger charge is 2.45. The Kier molecular flexibility index (Phi) is 3.11. The molecular formula is C12H14F2N2O. The number of halogens is 2. The van der Waals surface area contributed by atoms with E-state index in [1.807, 2.05) is 0 Å². The second-order valence-corrected chi connectivity index (χ2v) is 4.40. The van der Waals surface area contributed by atoms with Crippen molar-refractivity contribution in [2.24, 2.45) is 5.73 Å². The number of hydrogen-bond donors (Lipinski definition) is 2. The summed E-state index contributed by atoms with van der Waals surface area (Å²) in [5, 5.41) is 2.63. The van der Waals surface area contributed by atoms with Gasteiger partial charge in [-0.25, -0.2) is 8.78 Å². The van der Waals surface area contributed by atoms with E-state index in [4.69, 9.17) is 5.73 Å². The average molecular weight is 240 g/mol. The van der Waals surface area contributed by atoms with Crippen LogP contribution in [0.15, 0.2) is 18.2 Å². The van der Waals surface area contributed by atoms with Crippen LogP contribution in [0.25, 0.3) is 0 Å². The molecule has 92 valence electrons. The zero-order valence-corrected chi connectivity index (χ0v) is 9.30. The van der Waals surface area contributed by atoms with Crippen LogP contribution in [-0.2, 0) is 11.2 Å². The lowest BCUT2D eigenvalue weighted by Gasteiger charge is -2.10. The summed E-state index contributed by atoms with van der Waals surface area (Å²) >= 11 is 0. The van der Waals surface area contributed by atoms with Crippen LogP contribution in [0, 0.1) is 11.6 Å². The highest BCUT2D eigenvalue weighted by Crippen LogP contribution is 2.31. The minimum atomic E-state index is -0.722. The normalized spacial score (nSPS) is 16.6. The molecule has 0 unspecified atom stereocenters. The van der Waals surface area contributed by atoms with E-state index in [2.05, 4.69) is 5.32 Å². The van der Waals surface area contributed by atoms with E-state index in [9.17, 15) is 13.6 Å². The quantitative estimate of drug-likeness (QED) is 0.828. The van der Waals surface area contributed by atoms with Crippen molar-refractivity contribution in [1.82, 2.24) is 5.32 Å². The van der Waals surface area contributed by atoms with Crippen LogP contribution in [0.3, 0.4) is 0 Å². The summed E-state index contributed by atoms with van der Waals surface area (Å²) in [6.07, 6.45) is 1.63. The van der Waals surface area contributed by atoms with Crippen molar-refractivity contribution >= 4 is 5.91 Å². The third-order valence-electron chi connectivity index (χ3n) is 2.93. The smallest absolute Gasteiger partial charge is 0.240 e. The Balaban J connectivity index is 1.85. The maximum Gasteiger partial charge on any atom is 0.240 e. The summed E-state index contributed by atoms with van der Waals surface area (Å²) in [7, 11) is 0. The maximum atomic E-state index is 13.2. The van der Waals surface area contributed by atoms with E-state index in [1.54, 1.807) is 0 Å². The fraction of sp³-hybridized carbons (Fsp3) is 0.417. The van der Waals surface area contributed by atoms with Gasteiger partial charge >= 0.3 is 0 Å². The molecule has 0 radical (unpaired) electrons. The molecule has 0 heterocycles. The molecule has 5 heteroatoms. The molecule has 0 atom stereocenters. The van der Waals surface area contributed by atoms with Gasteiger partial charge in [-0.15, -0.1) is 0 Å². The van der Waals surface area contributed by atoms with Crippen molar-refractivity contribution in [1.29, 1.82) is 0 Å². The Bertz CT molecular complexity index is 444. The number of benzene rings is 1. The lowest BCUT2D eigenvalue weighted by Crippen LogP contribution is -2.43. The van der Waals surface area contributed by atoms with Crippen molar-refractivity contribution in [2.75, 3.05) is 6.54 Å². The molecule has 0 bridgehead atoms. The van der Waals surface area contributed by atoms with E-state index in [0.29, 0.717) is 12.8 Å². The Morgan fingerprint density at radius 1 is 1.41 bits per heavy atom. The first-order valence-electron chi connectivity index (χ1n) is 5.52. The van der Waals surface area contributed by atoms with E-state index < -0.39 is 17.2 Å². The van der Waals surface area contributed by atoms with Gasteiger partial charge in [-0.05, 0) is 43.0 Å². The van der Waals surface area contributed by atoms with Crippen molar-refractivity contribution in [2.45, 2.75) is 24.8 Å². The Morgan fingerprint density at radius 3 is 2.76 bits per heavy atom. The van der Waals surface area contributed by atoms with E-state index in [0.717, 1.165) is 18.2 Å². The first-order valence-corrected chi connectivity index (χ1v) is 5.52. The SMILES string of the molecule is NC1(C(=O)NCCc2cc(F)ccc2F)CC1. The van der Waals surface area contributed by atoms with Crippen molar-refractivity contribution < 1.29 is 13.6 Å². The number of nitrogens with two attached hydrogens (primary N) is 1. The van der Waals surface area contributed by atoms with Gasteiger partial charge in [0.25, 0.3) is 0 Å².